The quantitative estimate of drug-likeness (QED) is 0.326. The number of aromatic hydroxyl groups is 1. The van der Waals surface area contributed by atoms with Gasteiger partial charge in [0.25, 0.3) is 17.7 Å². The Balaban J connectivity index is 1.56. The number of ether oxygens (including phenoxy) is 1. The number of hydrogen-bond acceptors (Lipinski definition) is 7. The lowest BCUT2D eigenvalue weighted by molar-refractivity contribution is -0.148. The Morgan fingerprint density at radius 2 is 1.74 bits per heavy atom. The fourth-order valence-electron chi connectivity index (χ4n) is 5.60. The molecule has 234 valence electrons. The molecule has 0 spiro atoms. The van der Waals surface area contributed by atoms with Crippen LogP contribution < -0.4 is 10.6 Å². The van der Waals surface area contributed by atoms with E-state index in [0.717, 1.165) is 4.90 Å². The van der Waals surface area contributed by atoms with Crippen LogP contribution in [-0.2, 0) is 20.7 Å². The third-order valence-corrected chi connectivity index (χ3v) is 8.47. The first-order chi connectivity index (χ1) is 20.3. The van der Waals surface area contributed by atoms with Crippen molar-refractivity contribution in [3.8, 4) is 5.75 Å². The third-order valence-electron chi connectivity index (χ3n) is 8.47. The van der Waals surface area contributed by atoms with Gasteiger partial charge < -0.3 is 30.5 Å². The Morgan fingerprint density at radius 3 is 2.42 bits per heavy atom. The van der Waals surface area contributed by atoms with E-state index in [2.05, 4.69) is 15.5 Å². The summed E-state index contributed by atoms with van der Waals surface area (Å²) in [5.74, 6) is -6.02. The highest BCUT2D eigenvalue weighted by atomic mass is 19.3. The molecule has 2 aliphatic heterocycles. The van der Waals surface area contributed by atoms with Crippen LogP contribution in [0.1, 0.15) is 35.3 Å². The molecule has 0 aliphatic carbocycles. The topological polar surface area (TPSA) is 131 Å². The van der Waals surface area contributed by atoms with Gasteiger partial charge in [-0.1, -0.05) is 50.2 Å². The normalized spacial score (nSPS) is 21.2. The van der Waals surface area contributed by atoms with Crippen LogP contribution in [0.2, 0.25) is 0 Å². The van der Waals surface area contributed by atoms with Crippen LogP contribution in [0.4, 0.5) is 8.78 Å². The van der Waals surface area contributed by atoms with Gasteiger partial charge in [0.1, 0.15) is 11.8 Å². The molecular formula is C31H40F2N4O6. The second-order valence-corrected chi connectivity index (χ2v) is 11.7. The molecule has 2 heterocycles. The molecule has 12 heteroatoms. The Bertz CT molecular complexity index is 1300. The van der Waals surface area contributed by atoms with Crippen molar-refractivity contribution >= 4 is 17.7 Å². The number of halogens is 2. The summed E-state index contributed by atoms with van der Waals surface area (Å²) >= 11 is 0. The summed E-state index contributed by atoms with van der Waals surface area (Å²) in [6, 6.07) is 10.4. The molecule has 10 nitrogen and oxygen atoms in total. The number of rotatable bonds is 10. The summed E-state index contributed by atoms with van der Waals surface area (Å²) < 4.78 is 35.9. The maximum absolute atomic E-state index is 15.3. The van der Waals surface area contributed by atoms with Crippen LogP contribution in [0.15, 0.2) is 48.5 Å². The minimum Gasteiger partial charge on any atom is -0.508 e. The lowest BCUT2D eigenvalue weighted by atomic mass is 9.81. The average Bonchev–Trinajstić information content (AvgIpc) is 3.17. The van der Waals surface area contributed by atoms with Gasteiger partial charge in [-0.2, -0.15) is 0 Å². The number of aliphatic hydroxyl groups is 1. The van der Waals surface area contributed by atoms with Crippen LogP contribution in [-0.4, -0.2) is 108 Å². The lowest BCUT2D eigenvalue weighted by Gasteiger charge is -2.34. The maximum atomic E-state index is 15.3. The van der Waals surface area contributed by atoms with Gasteiger partial charge in [-0.3, -0.25) is 19.3 Å². The number of morpholine rings is 1. The Hall–Kier alpha value is -3.61. The fourth-order valence-corrected chi connectivity index (χ4v) is 5.60. The monoisotopic (exact) mass is 602 g/mol. The highest BCUT2D eigenvalue weighted by Gasteiger charge is 2.64. The summed E-state index contributed by atoms with van der Waals surface area (Å²) in [4.78, 5) is 43.2. The molecule has 3 amide bonds. The number of phenols is 1. The molecule has 3 unspecified atom stereocenters. The largest absolute Gasteiger partial charge is 0.508 e. The van der Waals surface area contributed by atoms with E-state index in [1.165, 1.54) is 32.0 Å². The number of nitrogens with zero attached hydrogens (tertiary/aromatic N) is 2. The number of nitrogens with one attached hydrogen (secondary N) is 2. The SMILES string of the molecule is Cc1c(O)cccc1C(=O)NC(Cc1ccccc1)C(O)C(=O)N1CC(F)(F)C(C)(C)C1C(=O)NCCN1CCOCC1. The Labute approximate surface area is 250 Å². The van der Waals surface area contributed by atoms with Gasteiger partial charge in [0.05, 0.1) is 31.2 Å². The molecule has 43 heavy (non-hydrogen) atoms. The van der Waals surface area contributed by atoms with Gasteiger partial charge in [-0.15, -0.1) is 0 Å². The highest BCUT2D eigenvalue weighted by Crippen LogP contribution is 2.48. The van der Waals surface area contributed by atoms with Gasteiger partial charge in [0, 0.05) is 37.3 Å². The summed E-state index contributed by atoms with van der Waals surface area (Å²) in [7, 11) is 0. The zero-order chi connectivity index (χ0) is 31.4. The number of benzene rings is 2. The van der Waals surface area contributed by atoms with E-state index in [-0.39, 0.29) is 24.3 Å². The predicted molar refractivity (Wildman–Crippen MR) is 155 cm³/mol. The van der Waals surface area contributed by atoms with Crippen molar-refractivity contribution in [2.24, 2.45) is 5.41 Å². The van der Waals surface area contributed by atoms with E-state index in [0.29, 0.717) is 44.0 Å². The summed E-state index contributed by atoms with van der Waals surface area (Å²) in [5.41, 5.74) is -0.822. The molecule has 2 saturated heterocycles. The number of hydrogen-bond donors (Lipinski definition) is 4. The highest BCUT2D eigenvalue weighted by molar-refractivity contribution is 5.97. The molecule has 2 aliphatic rings. The standard InChI is InChI=1S/C31H40F2N4O6/c1-20-22(10-7-11-24(20)38)27(40)35-23(18-21-8-5-4-6-9-21)25(39)29(42)37-19-31(32,33)30(2,3)26(37)28(41)34-12-13-36-14-16-43-17-15-36/h4-11,23,25-26,38-39H,12-19H2,1-3H3,(H,34,41)(H,35,40). The second-order valence-electron chi connectivity index (χ2n) is 11.7. The molecule has 0 bridgehead atoms. The van der Waals surface area contributed by atoms with Gasteiger partial charge in [-0.05, 0) is 31.0 Å². The van der Waals surface area contributed by atoms with E-state index >= 15 is 8.78 Å². The molecule has 2 aromatic carbocycles. The zero-order valence-corrected chi connectivity index (χ0v) is 24.7. The Morgan fingerprint density at radius 1 is 1.07 bits per heavy atom. The van der Waals surface area contributed by atoms with Gasteiger partial charge in [-0.25, -0.2) is 8.78 Å². The van der Waals surface area contributed by atoms with E-state index in [9.17, 15) is 24.6 Å². The predicted octanol–water partition coefficient (Wildman–Crippen LogP) is 1.72. The molecule has 2 fully saturated rings. The van der Waals surface area contributed by atoms with Crippen molar-refractivity contribution in [1.29, 1.82) is 0 Å². The minimum absolute atomic E-state index is 0.00138. The molecule has 4 rings (SSSR count). The zero-order valence-electron chi connectivity index (χ0n) is 24.7. The van der Waals surface area contributed by atoms with Gasteiger partial charge in [0.15, 0.2) is 6.10 Å². The number of alkyl halides is 2. The first-order valence-corrected chi connectivity index (χ1v) is 14.4. The van der Waals surface area contributed by atoms with Crippen LogP contribution in [0.25, 0.3) is 0 Å². The number of amides is 3. The van der Waals surface area contributed by atoms with Crippen LogP contribution >= 0.6 is 0 Å². The van der Waals surface area contributed by atoms with Gasteiger partial charge in [0.2, 0.25) is 5.91 Å². The summed E-state index contributed by atoms with van der Waals surface area (Å²) in [6.07, 6.45) is -1.95. The van der Waals surface area contributed by atoms with Crippen molar-refractivity contribution in [1.82, 2.24) is 20.4 Å². The molecule has 0 aromatic heterocycles. The number of phenolic OH excluding ortho intramolecular Hbond substituents is 1. The molecule has 0 radical (unpaired) electrons. The van der Waals surface area contributed by atoms with E-state index < -0.39 is 53.8 Å². The number of aliphatic hydroxyl groups excluding tert-OH is 1. The van der Waals surface area contributed by atoms with Crippen molar-refractivity contribution in [3.63, 3.8) is 0 Å². The number of carbonyl (C=O) groups is 3. The van der Waals surface area contributed by atoms with Crippen molar-refractivity contribution in [3.05, 3.63) is 65.2 Å². The van der Waals surface area contributed by atoms with Crippen molar-refractivity contribution < 1.29 is 38.1 Å². The molecule has 4 N–H and O–H groups in total. The van der Waals surface area contributed by atoms with Crippen LogP contribution in [0.3, 0.4) is 0 Å². The van der Waals surface area contributed by atoms with Gasteiger partial charge >= 0.3 is 0 Å². The average molecular weight is 603 g/mol. The summed E-state index contributed by atoms with van der Waals surface area (Å²) in [5, 5.41) is 26.8. The van der Waals surface area contributed by atoms with Crippen molar-refractivity contribution in [2.75, 3.05) is 45.9 Å². The van der Waals surface area contributed by atoms with E-state index in [1.807, 2.05) is 0 Å². The fraction of sp³-hybridized carbons (Fsp3) is 0.516. The van der Waals surface area contributed by atoms with Crippen LogP contribution in [0, 0.1) is 12.3 Å². The third kappa shape index (κ3) is 7.14. The number of likely N-dealkylation sites (tertiary alicyclic amines) is 1. The molecule has 3 atom stereocenters. The van der Waals surface area contributed by atoms with E-state index in [4.69, 9.17) is 4.74 Å². The lowest BCUT2D eigenvalue weighted by Crippen LogP contribution is -2.58. The minimum atomic E-state index is -3.43. The first kappa shape index (κ1) is 32.3. The van der Waals surface area contributed by atoms with Crippen molar-refractivity contribution in [2.45, 2.75) is 51.3 Å². The summed E-state index contributed by atoms with van der Waals surface area (Å²) in [6.45, 7) is 6.16. The van der Waals surface area contributed by atoms with E-state index in [1.54, 1.807) is 37.3 Å². The Kier molecular flexibility index (Phi) is 10.0. The second kappa shape index (κ2) is 13.4. The molecule has 2 aromatic rings. The maximum Gasteiger partial charge on any atom is 0.272 e. The first-order valence-electron chi connectivity index (χ1n) is 14.4. The molecular weight excluding hydrogens is 562 g/mol. The molecule has 0 saturated carbocycles. The smallest absolute Gasteiger partial charge is 0.272 e. The number of carbonyl (C=O) groups excluding carboxylic acids is 3. The van der Waals surface area contributed by atoms with Crippen LogP contribution in [0.5, 0.6) is 5.75 Å².